The fourth-order valence-electron chi connectivity index (χ4n) is 3.91. The molecule has 0 aliphatic heterocycles. The molecule has 8 nitrogen and oxygen atoms in total. The Morgan fingerprint density at radius 3 is 2.03 bits per heavy atom. The predicted octanol–water partition coefficient (Wildman–Crippen LogP) is 4.24. The minimum atomic E-state index is -3.88. The molecule has 0 saturated heterocycles. The highest BCUT2D eigenvalue weighted by Gasteiger charge is 2.32. The van der Waals surface area contributed by atoms with Crippen molar-refractivity contribution in [2.45, 2.75) is 17.9 Å². The Kier molecular flexibility index (Phi) is 10.1. The summed E-state index contributed by atoms with van der Waals surface area (Å²) in [5.41, 5.74) is 2.35. The van der Waals surface area contributed by atoms with Crippen molar-refractivity contribution in [3.05, 3.63) is 69.9 Å². The lowest BCUT2D eigenvalue weighted by atomic mass is 10.0. The van der Waals surface area contributed by atoms with Gasteiger partial charge < -0.3 is 23.8 Å². The molecule has 3 aromatic rings. The molecule has 1 N–H and O–H groups in total. The summed E-state index contributed by atoms with van der Waals surface area (Å²) >= 11 is 1.46. The average Bonchev–Trinajstić information content (AvgIpc) is 3.42. The quantitative estimate of drug-likeness (QED) is 0.331. The SMILES string of the molecule is COCCN(CCOC)c1c(OC)ccc(OC)c1C(NS(=O)(=O)c1ccc(C)cc1)c1cccs1. The third kappa shape index (κ3) is 6.57. The minimum Gasteiger partial charge on any atom is -0.496 e. The zero-order chi connectivity index (χ0) is 26.1. The lowest BCUT2D eigenvalue weighted by molar-refractivity contribution is 0.190. The van der Waals surface area contributed by atoms with Crippen molar-refractivity contribution in [1.82, 2.24) is 4.72 Å². The number of benzene rings is 2. The van der Waals surface area contributed by atoms with E-state index >= 15 is 0 Å². The van der Waals surface area contributed by atoms with Gasteiger partial charge in [0, 0.05) is 37.7 Å². The third-order valence-electron chi connectivity index (χ3n) is 5.75. The first-order chi connectivity index (χ1) is 17.4. The molecule has 0 aliphatic carbocycles. The second-order valence-electron chi connectivity index (χ2n) is 8.09. The topological polar surface area (TPSA) is 86.3 Å². The Balaban J connectivity index is 2.23. The summed E-state index contributed by atoms with van der Waals surface area (Å²) in [5, 5.41) is 1.92. The molecule has 0 fully saturated rings. The zero-order valence-electron chi connectivity index (χ0n) is 21.3. The van der Waals surface area contributed by atoms with E-state index in [-0.39, 0.29) is 4.90 Å². The van der Waals surface area contributed by atoms with E-state index < -0.39 is 16.1 Å². The number of hydrogen-bond donors (Lipinski definition) is 1. The van der Waals surface area contributed by atoms with Crippen LogP contribution in [0.2, 0.25) is 0 Å². The molecule has 196 valence electrons. The summed E-state index contributed by atoms with van der Waals surface area (Å²) in [7, 11) is 2.57. The van der Waals surface area contributed by atoms with Crippen LogP contribution in [0, 0.1) is 6.92 Å². The molecule has 1 heterocycles. The van der Waals surface area contributed by atoms with Crippen LogP contribution in [0.25, 0.3) is 0 Å². The predicted molar refractivity (Wildman–Crippen MR) is 143 cm³/mol. The van der Waals surface area contributed by atoms with Gasteiger partial charge in [-0.15, -0.1) is 11.3 Å². The van der Waals surface area contributed by atoms with Crippen molar-refractivity contribution >= 4 is 27.0 Å². The Morgan fingerprint density at radius 2 is 1.50 bits per heavy atom. The highest BCUT2D eigenvalue weighted by atomic mass is 32.2. The van der Waals surface area contributed by atoms with Crippen LogP contribution < -0.4 is 19.1 Å². The minimum absolute atomic E-state index is 0.189. The van der Waals surface area contributed by atoms with Crippen LogP contribution in [-0.2, 0) is 19.5 Å². The molecule has 0 spiro atoms. The number of sulfonamides is 1. The first-order valence-corrected chi connectivity index (χ1v) is 13.8. The molecule has 36 heavy (non-hydrogen) atoms. The molecule has 3 rings (SSSR count). The van der Waals surface area contributed by atoms with E-state index in [9.17, 15) is 8.42 Å². The molecule has 0 bridgehead atoms. The zero-order valence-corrected chi connectivity index (χ0v) is 22.9. The Labute approximate surface area is 217 Å². The highest BCUT2D eigenvalue weighted by molar-refractivity contribution is 7.89. The molecule has 1 aromatic heterocycles. The van der Waals surface area contributed by atoms with Crippen LogP contribution >= 0.6 is 11.3 Å². The van der Waals surface area contributed by atoms with Crippen molar-refractivity contribution < 1.29 is 27.4 Å². The van der Waals surface area contributed by atoms with E-state index in [1.807, 2.05) is 30.5 Å². The van der Waals surface area contributed by atoms with Gasteiger partial charge in [0.1, 0.15) is 11.5 Å². The van der Waals surface area contributed by atoms with Crippen molar-refractivity contribution in [3.63, 3.8) is 0 Å². The van der Waals surface area contributed by atoms with Crippen LogP contribution in [0.4, 0.5) is 5.69 Å². The molecule has 0 radical (unpaired) electrons. The van der Waals surface area contributed by atoms with E-state index in [1.165, 1.54) is 11.3 Å². The number of methoxy groups -OCH3 is 4. The van der Waals surface area contributed by atoms with Gasteiger partial charge in [-0.05, 0) is 42.6 Å². The van der Waals surface area contributed by atoms with Crippen LogP contribution in [0.3, 0.4) is 0 Å². The summed E-state index contributed by atoms with van der Waals surface area (Å²) < 4.78 is 52.4. The Hall–Kier alpha value is -2.63. The smallest absolute Gasteiger partial charge is 0.241 e. The van der Waals surface area contributed by atoms with Gasteiger partial charge >= 0.3 is 0 Å². The highest BCUT2D eigenvalue weighted by Crippen LogP contribution is 2.45. The molecule has 10 heteroatoms. The number of nitrogens with zero attached hydrogens (tertiary/aromatic N) is 1. The van der Waals surface area contributed by atoms with Gasteiger partial charge in [0.05, 0.1) is 44.1 Å². The largest absolute Gasteiger partial charge is 0.496 e. The van der Waals surface area contributed by atoms with Gasteiger partial charge in [-0.25, -0.2) is 8.42 Å². The maximum absolute atomic E-state index is 13.6. The number of aryl methyl sites for hydroxylation is 1. The van der Waals surface area contributed by atoms with E-state index in [0.717, 1.165) is 16.1 Å². The first-order valence-electron chi connectivity index (χ1n) is 11.5. The number of nitrogens with one attached hydrogen (secondary N) is 1. The molecule has 0 saturated carbocycles. The lowest BCUT2D eigenvalue weighted by Crippen LogP contribution is -2.35. The summed E-state index contributed by atoms with van der Waals surface area (Å²) in [6.07, 6.45) is 0. The first kappa shape index (κ1) is 27.9. The van der Waals surface area contributed by atoms with Gasteiger partial charge in [0.15, 0.2) is 0 Å². The number of ether oxygens (including phenoxy) is 4. The maximum atomic E-state index is 13.6. The summed E-state index contributed by atoms with van der Waals surface area (Å²) in [6.45, 7) is 3.92. The van der Waals surface area contributed by atoms with E-state index in [4.69, 9.17) is 18.9 Å². The van der Waals surface area contributed by atoms with Crippen molar-refractivity contribution in [2.75, 3.05) is 59.6 Å². The summed E-state index contributed by atoms with van der Waals surface area (Å²) in [6, 6.07) is 13.5. The monoisotopic (exact) mass is 534 g/mol. The van der Waals surface area contributed by atoms with Crippen LogP contribution in [0.5, 0.6) is 11.5 Å². The number of hydrogen-bond acceptors (Lipinski definition) is 8. The maximum Gasteiger partial charge on any atom is 0.241 e. The summed E-state index contributed by atoms with van der Waals surface area (Å²) in [4.78, 5) is 3.08. The standard InChI is InChI=1S/C26H34N2O6S2/c1-19-8-10-20(11-9-19)36(29,30)27-25(23-7-6-18-35-23)24-21(33-4)12-13-22(34-5)26(24)28(14-16-31-2)15-17-32-3/h6-13,18,25,27H,14-17H2,1-5H3. The second kappa shape index (κ2) is 13.1. The van der Waals surface area contributed by atoms with E-state index in [0.29, 0.717) is 43.4 Å². The third-order valence-corrected chi connectivity index (χ3v) is 8.12. The summed E-state index contributed by atoms with van der Waals surface area (Å²) in [5.74, 6) is 1.13. The van der Waals surface area contributed by atoms with E-state index in [1.54, 1.807) is 58.8 Å². The van der Waals surface area contributed by atoms with Gasteiger partial charge in [-0.1, -0.05) is 23.8 Å². The van der Waals surface area contributed by atoms with Gasteiger partial charge in [0.2, 0.25) is 10.0 Å². The normalized spacial score (nSPS) is 12.4. The van der Waals surface area contributed by atoms with Crippen molar-refractivity contribution in [3.8, 4) is 11.5 Å². The number of anilines is 1. The van der Waals surface area contributed by atoms with Crippen LogP contribution in [0.1, 0.15) is 22.0 Å². The van der Waals surface area contributed by atoms with E-state index in [2.05, 4.69) is 9.62 Å². The fraction of sp³-hybridized carbons (Fsp3) is 0.385. The lowest BCUT2D eigenvalue weighted by Gasteiger charge is -2.32. The van der Waals surface area contributed by atoms with Gasteiger partial charge in [-0.3, -0.25) is 0 Å². The van der Waals surface area contributed by atoms with Crippen molar-refractivity contribution in [2.24, 2.45) is 0 Å². The van der Waals surface area contributed by atoms with Gasteiger partial charge in [-0.2, -0.15) is 4.72 Å². The Bertz CT molecular complexity index is 1190. The van der Waals surface area contributed by atoms with Crippen LogP contribution in [0.15, 0.2) is 58.8 Å². The molecule has 1 unspecified atom stereocenters. The number of thiophene rings is 1. The molecular weight excluding hydrogens is 500 g/mol. The molecule has 0 amide bonds. The second-order valence-corrected chi connectivity index (χ2v) is 10.8. The van der Waals surface area contributed by atoms with Gasteiger partial charge in [0.25, 0.3) is 0 Å². The van der Waals surface area contributed by atoms with Crippen molar-refractivity contribution in [1.29, 1.82) is 0 Å². The molecular formula is C26H34N2O6S2. The average molecular weight is 535 g/mol. The Morgan fingerprint density at radius 1 is 0.889 bits per heavy atom. The molecule has 2 aromatic carbocycles. The number of rotatable bonds is 14. The van der Waals surface area contributed by atoms with Crippen LogP contribution in [-0.4, -0.2) is 63.2 Å². The fourth-order valence-corrected chi connectivity index (χ4v) is 5.96. The molecule has 1 atom stereocenters. The molecule has 0 aliphatic rings.